The van der Waals surface area contributed by atoms with Crippen LogP contribution in [0.1, 0.15) is 12.5 Å². The van der Waals surface area contributed by atoms with Crippen LogP contribution in [0.3, 0.4) is 0 Å². The van der Waals surface area contributed by atoms with E-state index in [0.717, 1.165) is 29.4 Å². The molecule has 0 aliphatic heterocycles. The lowest BCUT2D eigenvalue weighted by Gasteiger charge is -2.09. The second kappa shape index (κ2) is 6.49. The molecule has 0 amide bonds. The molecule has 2 nitrogen and oxygen atoms in total. The summed E-state index contributed by atoms with van der Waals surface area (Å²) in [7, 11) is 0. The minimum atomic E-state index is 0.677. The molecule has 2 N–H and O–H groups in total. The highest BCUT2D eigenvalue weighted by Gasteiger charge is 2.05. The highest BCUT2D eigenvalue weighted by atomic mass is 35.5. The normalized spacial score (nSPS) is 10.0. The maximum Gasteiger partial charge on any atom is 0.128 e. The first-order chi connectivity index (χ1) is 7.27. The first kappa shape index (κ1) is 12.1. The van der Waals surface area contributed by atoms with Crippen LogP contribution in [-0.4, -0.2) is 13.2 Å². The fourth-order valence-electron chi connectivity index (χ4n) is 1.36. The second-order valence-electron chi connectivity index (χ2n) is 3.20. The molecule has 3 heteroatoms. The molecule has 1 aromatic carbocycles. The predicted octanol–water partition coefficient (Wildman–Crippen LogP) is 1.99. The zero-order valence-electron chi connectivity index (χ0n) is 9.00. The van der Waals surface area contributed by atoms with Gasteiger partial charge >= 0.3 is 0 Å². The molecule has 0 atom stereocenters. The molecule has 15 heavy (non-hydrogen) atoms. The molecule has 0 saturated carbocycles. The van der Waals surface area contributed by atoms with Gasteiger partial charge in [-0.25, -0.2) is 0 Å². The van der Waals surface area contributed by atoms with E-state index in [0.29, 0.717) is 6.61 Å². The van der Waals surface area contributed by atoms with E-state index in [-0.39, 0.29) is 0 Å². The van der Waals surface area contributed by atoms with Gasteiger partial charge in [0, 0.05) is 10.6 Å². The Kier molecular flexibility index (Phi) is 5.22. The number of quaternary nitrogens is 1. The van der Waals surface area contributed by atoms with Crippen LogP contribution in [0.5, 0.6) is 5.75 Å². The van der Waals surface area contributed by atoms with Gasteiger partial charge in [0.25, 0.3) is 0 Å². The zero-order chi connectivity index (χ0) is 11.1. The Balaban J connectivity index is 2.72. The lowest BCUT2D eigenvalue weighted by atomic mass is 10.2. The topological polar surface area (TPSA) is 25.8 Å². The molecule has 0 aromatic heterocycles. The number of halogens is 1. The molecule has 0 aliphatic rings. The Morgan fingerprint density at radius 1 is 1.53 bits per heavy atom. The molecule has 0 fully saturated rings. The number of hydrogen-bond acceptors (Lipinski definition) is 1. The van der Waals surface area contributed by atoms with Crippen LogP contribution in [0.25, 0.3) is 0 Å². The van der Waals surface area contributed by atoms with Gasteiger partial charge in [-0.1, -0.05) is 18.2 Å². The number of ether oxygens (including phenoxy) is 1. The summed E-state index contributed by atoms with van der Waals surface area (Å²) < 4.78 is 5.52. The smallest absolute Gasteiger partial charge is 0.128 e. The van der Waals surface area contributed by atoms with Gasteiger partial charge in [-0.05, 0) is 31.2 Å². The van der Waals surface area contributed by atoms with Crippen molar-refractivity contribution >= 4 is 11.6 Å². The van der Waals surface area contributed by atoms with Gasteiger partial charge in [0.05, 0.1) is 13.2 Å². The van der Waals surface area contributed by atoms with E-state index in [1.54, 1.807) is 0 Å². The van der Waals surface area contributed by atoms with Crippen LogP contribution >= 0.6 is 11.6 Å². The van der Waals surface area contributed by atoms with E-state index >= 15 is 0 Å². The Hall–Kier alpha value is -0.990. The highest BCUT2D eigenvalue weighted by molar-refractivity contribution is 6.30. The minimum absolute atomic E-state index is 0.677. The molecule has 1 aromatic rings. The molecule has 0 heterocycles. The standard InChI is InChI=1S/C12H16ClNO/c1-3-7-14-9-10-8-11(13)5-6-12(10)15-4-2/h3,5-6,8,14H,1,4,7,9H2,2H3/p+1. The van der Waals surface area contributed by atoms with E-state index in [1.165, 1.54) is 0 Å². The van der Waals surface area contributed by atoms with E-state index in [4.69, 9.17) is 16.3 Å². The van der Waals surface area contributed by atoms with Crippen LogP contribution in [0.15, 0.2) is 30.9 Å². The number of benzene rings is 1. The average molecular weight is 227 g/mol. The van der Waals surface area contributed by atoms with Gasteiger partial charge in [-0.15, -0.1) is 0 Å². The van der Waals surface area contributed by atoms with Crippen molar-refractivity contribution < 1.29 is 10.1 Å². The molecule has 1 rings (SSSR count). The van der Waals surface area contributed by atoms with Crippen LogP contribution in [-0.2, 0) is 6.54 Å². The van der Waals surface area contributed by atoms with Crippen molar-refractivity contribution in [1.29, 1.82) is 0 Å². The van der Waals surface area contributed by atoms with Gasteiger partial charge in [-0.3, -0.25) is 0 Å². The Bertz CT molecular complexity index is 325. The molecule has 82 valence electrons. The van der Waals surface area contributed by atoms with E-state index < -0.39 is 0 Å². The van der Waals surface area contributed by atoms with Gasteiger partial charge in [0.2, 0.25) is 0 Å². The van der Waals surface area contributed by atoms with Crippen molar-refractivity contribution in [2.45, 2.75) is 13.5 Å². The monoisotopic (exact) mass is 226 g/mol. The summed E-state index contributed by atoms with van der Waals surface area (Å²) in [6.45, 7) is 8.10. The fraction of sp³-hybridized carbons (Fsp3) is 0.333. The predicted molar refractivity (Wildman–Crippen MR) is 63.3 cm³/mol. The lowest BCUT2D eigenvalue weighted by Crippen LogP contribution is -2.82. The van der Waals surface area contributed by atoms with Crippen molar-refractivity contribution in [3.8, 4) is 5.75 Å². The molecule has 0 radical (unpaired) electrons. The third kappa shape index (κ3) is 3.94. The molecule has 0 aliphatic carbocycles. The summed E-state index contributed by atoms with van der Waals surface area (Å²) in [6, 6.07) is 5.72. The zero-order valence-corrected chi connectivity index (χ0v) is 9.76. The fourth-order valence-corrected chi connectivity index (χ4v) is 1.56. The second-order valence-corrected chi connectivity index (χ2v) is 3.64. The Labute approximate surface area is 95.9 Å². The third-order valence-electron chi connectivity index (χ3n) is 2.02. The van der Waals surface area contributed by atoms with E-state index in [1.807, 2.05) is 31.2 Å². The van der Waals surface area contributed by atoms with Crippen molar-refractivity contribution in [2.75, 3.05) is 13.2 Å². The molecular formula is C12H17ClNO+. The number of rotatable bonds is 6. The quantitative estimate of drug-likeness (QED) is 0.583. The highest BCUT2D eigenvalue weighted by Crippen LogP contribution is 2.21. The lowest BCUT2D eigenvalue weighted by molar-refractivity contribution is -0.662. The van der Waals surface area contributed by atoms with Gasteiger partial charge < -0.3 is 10.1 Å². The molecule has 0 unspecified atom stereocenters. The van der Waals surface area contributed by atoms with Crippen molar-refractivity contribution in [3.05, 3.63) is 41.4 Å². The summed E-state index contributed by atoms with van der Waals surface area (Å²) in [6.07, 6.45) is 1.88. The van der Waals surface area contributed by atoms with Crippen LogP contribution in [0.4, 0.5) is 0 Å². The number of hydrogen-bond donors (Lipinski definition) is 1. The largest absolute Gasteiger partial charge is 0.493 e. The summed E-state index contributed by atoms with van der Waals surface area (Å²) in [4.78, 5) is 0. The van der Waals surface area contributed by atoms with Crippen LogP contribution in [0.2, 0.25) is 5.02 Å². The summed E-state index contributed by atoms with van der Waals surface area (Å²) in [5.41, 5.74) is 1.13. The SMILES string of the molecule is C=CC[NH2+]Cc1cc(Cl)ccc1OCC. The van der Waals surface area contributed by atoms with Gasteiger partial charge in [-0.2, -0.15) is 0 Å². The molecule has 0 spiro atoms. The summed E-state index contributed by atoms with van der Waals surface area (Å²) in [5, 5.41) is 2.90. The van der Waals surface area contributed by atoms with Gasteiger partial charge in [0.1, 0.15) is 12.3 Å². The first-order valence-corrected chi connectivity index (χ1v) is 5.49. The van der Waals surface area contributed by atoms with Crippen molar-refractivity contribution in [1.82, 2.24) is 0 Å². The summed E-state index contributed by atoms with van der Waals surface area (Å²) >= 11 is 5.94. The van der Waals surface area contributed by atoms with Crippen LogP contribution < -0.4 is 10.1 Å². The molecule has 0 bridgehead atoms. The maximum absolute atomic E-state index is 5.94. The minimum Gasteiger partial charge on any atom is -0.493 e. The Morgan fingerprint density at radius 3 is 3.00 bits per heavy atom. The molecule has 0 saturated heterocycles. The Morgan fingerprint density at radius 2 is 2.33 bits per heavy atom. The first-order valence-electron chi connectivity index (χ1n) is 5.11. The average Bonchev–Trinajstić information content (AvgIpc) is 2.22. The number of nitrogens with two attached hydrogens (primary N) is 1. The van der Waals surface area contributed by atoms with E-state index in [2.05, 4.69) is 11.9 Å². The maximum atomic E-state index is 5.94. The third-order valence-corrected chi connectivity index (χ3v) is 2.26. The van der Waals surface area contributed by atoms with Gasteiger partial charge in [0.15, 0.2) is 0 Å². The van der Waals surface area contributed by atoms with Crippen molar-refractivity contribution in [3.63, 3.8) is 0 Å². The van der Waals surface area contributed by atoms with E-state index in [9.17, 15) is 0 Å². The van der Waals surface area contributed by atoms with Crippen LogP contribution in [0, 0.1) is 0 Å². The molecular weight excluding hydrogens is 210 g/mol. The summed E-state index contributed by atoms with van der Waals surface area (Å²) in [5.74, 6) is 0.919. The van der Waals surface area contributed by atoms with Crippen molar-refractivity contribution in [2.24, 2.45) is 0 Å².